The minimum atomic E-state index is -1.13. The molecule has 0 saturated carbocycles. The number of carbonyl (C=O) groups excluding carboxylic acids is 3. The summed E-state index contributed by atoms with van der Waals surface area (Å²) in [6, 6.07) is 3.92. The number of imide groups is 1. The van der Waals surface area contributed by atoms with Gasteiger partial charge in [-0.1, -0.05) is 0 Å². The SMILES string of the molecule is CCOc1ccc(C(=O)O[C@@H](C)C(=O)NC(=O)NC)cc1OCC. The smallest absolute Gasteiger partial charge is 0.339 e. The Kier molecular flexibility index (Phi) is 7.54. The molecule has 0 bridgehead atoms. The van der Waals surface area contributed by atoms with Crippen LogP contribution >= 0.6 is 0 Å². The largest absolute Gasteiger partial charge is 0.490 e. The number of urea groups is 1. The Morgan fingerprint density at radius 1 is 1.08 bits per heavy atom. The zero-order valence-corrected chi connectivity index (χ0v) is 14.2. The molecule has 0 aliphatic rings. The lowest BCUT2D eigenvalue weighted by molar-refractivity contribution is -0.127. The van der Waals surface area contributed by atoms with Crippen LogP contribution in [0.25, 0.3) is 0 Å². The van der Waals surface area contributed by atoms with Gasteiger partial charge in [0.15, 0.2) is 17.6 Å². The first-order valence-electron chi connectivity index (χ1n) is 7.56. The van der Waals surface area contributed by atoms with Crippen LogP contribution in [0.15, 0.2) is 18.2 Å². The lowest BCUT2D eigenvalue weighted by Crippen LogP contribution is -2.43. The summed E-state index contributed by atoms with van der Waals surface area (Å²) in [5.74, 6) is -0.505. The topological polar surface area (TPSA) is 103 Å². The van der Waals surface area contributed by atoms with Crippen LogP contribution in [0.2, 0.25) is 0 Å². The first-order chi connectivity index (χ1) is 11.4. The molecule has 3 amide bonds. The number of ether oxygens (including phenoxy) is 3. The third-order valence-corrected chi connectivity index (χ3v) is 2.90. The molecule has 8 heteroatoms. The summed E-state index contributed by atoms with van der Waals surface area (Å²) in [5.41, 5.74) is 0.210. The Labute approximate surface area is 140 Å². The van der Waals surface area contributed by atoms with Gasteiger partial charge >= 0.3 is 12.0 Å². The first-order valence-corrected chi connectivity index (χ1v) is 7.56. The zero-order chi connectivity index (χ0) is 18.1. The van der Waals surface area contributed by atoms with E-state index in [0.717, 1.165) is 0 Å². The van der Waals surface area contributed by atoms with Crippen LogP contribution in [0.1, 0.15) is 31.1 Å². The van der Waals surface area contributed by atoms with Crippen molar-refractivity contribution in [3.8, 4) is 11.5 Å². The maximum absolute atomic E-state index is 12.1. The van der Waals surface area contributed by atoms with Crippen molar-refractivity contribution < 1.29 is 28.6 Å². The van der Waals surface area contributed by atoms with E-state index in [-0.39, 0.29) is 5.56 Å². The van der Waals surface area contributed by atoms with E-state index in [1.807, 2.05) is 19.2 Å². The fourth-order valence-corrected chi connectivity index (χ4v) is 1.74. The van der Waals surface area contributed by atoms with Crippen LogP contribution in [0, 0.1) is 0 Å². The summed E-state index contributed by atoms with van der Waals surface area (Å²) >= 11 is 0. The maximum atomic E-state index is 12.1. The van der Waals surface area contributed by atoms with E-state index < -0.39 is 24.0 Å². The predicted molar refractivity (Wildman–Crippen MR) is 86.3 cm³/mol. The fourth-order valence-electron chi connectivity index (χ4n) is 1.74. The molecule has 24 heavy (non-hydrogen) atoms. The second-order valence-electron chi connectivity index (χ2n) is 4.64. The van der Waals surface area contributed by atoms with E-state index in [1.165, 1.54) is 26.1 Å². The molecule has 1 rings (SSSR count). The molecule has 1 atom stereocenters. The van der Waals surface area contributed by atoms with Crippen LogP contribution in [0.5, 0.6) is 11.5 Å². The minimum Gasteiger partial charge on any atom is -0.490 e. The lowest BCUT2D eigenvalue weighted by atomic mass is 10.2. The lowest BCUT2D eigenvalue weighted by Gasteiger charge is -2.14. The van der Waals surface area contributed by atoms with Gasteiger partial charge in [0.05, 0.1) is 18.8 Å². The van der Waals surface area contributed by atoms with Gasteiger partial charge in [0.2, 0.25) is 0 Å². The van der Waals surface area contributed by atoms with E-state index in [1.54, 1.807) is 6.07 Å². The van der Waals surface area contributed by atoms with Gasteiger partial charge < -0.3 is 19.5 Å². The van der Waals surface area contributed by atoms with Gasteiger partial charge in [-0.25, -0.2) is 9.59 Å². The number of hydrogen-bond acceptors (Lipinski definition) is 6. The summed E-state index contributed by atoms with van der Waals surface area (Å²) in [5, 5.41) is 4.27. The van der Waals surface area contributed by atoms with E-state index in [0.29, 0.717) is 24.7 Å². The summed E-state index contributed by atoms with van der Waals surface area (Å²) < 4.78 is 15.9. The number of rotatable bonds is 7. The normalized spacial score (nSPS) is 11.2. The van der Waals surface area contributed by atoms with Crippen LogP contribution < -0.4 is 20.1 Å². The van der Waals surface area contributed by atoms with Gasteiger partial charge in [0.1, 0.15) is 0 Å². The average molecular weight is 338 g/mol. The van der Waals surface area contributed by atoms with Gasteiger partial charge in [-0.3, -0.25) is 10.1 Å². The highest BCUT2D eigenvalue weighted by Crippen LogP contribution is 2.28. The molecule has 0 spiro atoms. The van der Waals surface area contributed by atoms with Crippen molar-refractivity contribution in [2.24, 2.45) is 0 Å². The highest BCUT2D eigenvalue weighted by atomic mass is 16.5. The maximum Gasteiger partial charge on any atom is 0.339 e. The second-order valence-corrected chi connectivity index (χ2v) is 4.64. The van der Waals surface area contributed by atoms with Gasteiger partial charge in [-0.05, 0) is 39.0 Å². The monoisotopic (exact) mass is 338 g/mol. The Bertz CT molecular complexity index is 602. The molecule has 1 aromatic carbocycles. The Morgan fingerprint density at radius 2 is 1.71 bits per heavy atom. The molecule has 0 fully saturated rings. The molecule has 0 unspecified atom stereocenters. The van der Waals surface area contributed by atoms with Crippen molar-refractivity contribution in [1.82, 2.24) is 10.6 Å². The Balaban J connectivity index is 2.81. The Morgan fingerprint density at radius 3 is 2.29 bits per heavy atom. The van der Waals surface area contributed by atoms with E-state index in [2.05, 4.69) is 5.32 Å². The third-order valence-electron chi connectivity index (χ3n) is 2.90. The molecule has 2 N–H and O–H groups in total. The molecule has 8 nitrogen and oxygen atoms in total. The minimum absolute atomic E-state index is 0.210. The number of amides is 3. The second kappa shape index (κ2) is 9.39. The number of hydrogen-bond donors (Lipinski definition) is 2. The highest BCUT2D eigenvalue weighted by Gasteiger charge is 2.21. The zero-order valence-electron chi connectivity index (χ0n) is 14.2. The molecule has 0 heterocycles. The fraction of sp³-hybridized carbons (Fsp3) is 0.438. The molecule has 0 saturated heterocycles. The number of carbonyl (C=O) groups is 3. The molecule has 132 valence electrons. The molecular weight excluding hydrogens is 316 g/mol. The van der Waals surface area contributed by atoms with Crippen LogP contribution in [0.4, 0.5) is 4.79 Å². The van der Waals surface area contributed by atoms with Gasteiger partial charge in [-0.2, -0.15) is 0 Å². The molecule has 0 aliphatic heterocycles. The van der Waals surface area contributed by atoms with Crippen molar-refractivity contribution in [2.75, 3.05) is 20.3 Å². The average Bonchev–Trinajstić information content (AvgIpc) is 2.56. The molecule has 0 radical (unpaired) electrons. The number of benzene rings is 1. The standard InChI is InChI=1S/C16H22N2O6/c1-5-22-12-8-7-11(9-13(12)23-6-2)15(20)24-10(3)14(19)18-16(21)17-4/h7-10H,5-6H2,1-4H3,(H2,17,18,19,21)/t10-/m0/s1. The van der Waals surface area contributed by atoms with Crippen LogP contribution in [-0.4, -0.2) is 44.3 Å². The van der Waals surface area contributed by atoms with Crippen molar-refractivity contribution in [3.05, 3.63) is 23.8 Å². The highest BCUT2D eigenvalue weighted by molar-refractivity contribution is 5.98. The van der Waals surface area contributed by atoms with Crippen molar-refractivity contribution in [2.45, 2.75) is 26.9 Å². The first kappa shape index (κ1) is 19.3. The van der Waals surface area contributed by atoms with E-state index in [9.17, 15) is 14.4 Å². The van der Waals surface area contributed by atoms with Crippen molar-refractivity contribution >= 4 is 17.9 Å². The summed E-state index contributed by atoms with van der Waals surface area (Å²) in [4.78, 5) is 34.9. The summed E-state index contributed by atoms with van der Waals surface area (Å²) in [7, 11) is 1.37. The van der Waals surface area contributed by atoms with Crippen LogP contribution in [0.3, 0.4) is 0 Å². The predicted octanol–water partition coefficient (Wildman–Crippen LogP) is 1.48. The summed E-state index contributed by atoms with van der Waals surface area (Å²) in [6.07, 6.45) is -1.13. The molecular formula is C16H22N2O6. The number of nitrogens with one attached hydrogen (secondary N) is 2. The molecule has 0 aliphatic carbocycles. The number of esters is 1. The quantitative estimate of drug-likeness (QED) is 0.730. The van der Waals surface area contributed by atoms with Crippen molar-refractivity contribution in [3.63, 3.8) is 0 Å². The van der Waals surface area contributed by atoms with E-state index >= 15 is 0 Å². The summed E-state index contributed by atoms with van der Waals surface area (Å²) in [6.45, 7) is 5.88. The van der Waals surface area contributed by atoms with Crippen molar-refractivity contribution in [1.29, 1.82) is 0 Å². The Hall–Kier alpha value is -2.77. The van der Waals surface area contributed by atoms with Gasteiger partial charge in [0, 0.05) is 7.05 Å². The van der Waals surface area contributed by atoms with E-state index in [4.69, 9.17) is 14.2 Å². The van der Waals surface area contributed by atoms with Gasteiger partial charge in [0.25, 0.3) is 5.91 Å². The van der Waals surface area contributed by atoms with Gasteiger partial charge in [-0.15, -0.1) is 0 Å². The third kappa shape index (κ3) is 5.45. The molecule has 1 aromatic rings. The van der Waals surface area contributed by atoms with Crippen LogP contribution in [-0.2, 0) is 9.53 Å². The molecule has 0 aromatic heterocycles.